The second kappa shape index (κ2) is 6.75. The molecule has 0 radical (unpaired) electrons. The molecule has 0 aromatic heterocycles. The largest absolute Gasteiger partial charge is 0.495 e. The van der Waals surface area contributed by atoms with Crippen LogP contribution in [0.5, 0.6) is 5.75 Å². The van der Waals surface area contributed by atoms with Gasteiger partial charge >= 0.3 is 0 Å². The van der Waals surface area contributed by atoms with Gasteiger partial charge in [-0.3, -0.25) is 9.59 Å². The van der Waals surface area contributed by atoms with E-state index in [0.29, 0.717) is 23.4 Å². The maximum absolute atomic E-state index is 11.8. The van der Waals surface area contributed by atoms with Crippen LogP contribution in [0.3, 0.4) is 0 Å². The van der Waals surface area contributed by atoms with Crippen LogP contribution in [0.1, 0.15) is 30.1 Å². The van der Waals surface area contributed by atoms with Gasteiger partial charge in [-0.25, -0.2) is 0 Å². The lowest BCUT2D eigenvalue weighted by atomic mass is 10.1. The fourth-order valence-electron chi connectivity index (χ4n) is 1.63. The van der Waals surface area contributed by atoms with E-state index in [-0.39, 0.29) is 5.91 Å². The van der Waals surface area contributed by atoms with Crippen molar-refractivity contribution in [3.63, 3.8) is 0 Å². The Morgan fingerprint density at radius 2 is 2.11 bits per heavy atom. The van der Waals surface area contributed by atoms with Crippen molar-refractivity contribution in [3.05, 3.63) is 23.8 Å². The summed E-state index contributed by atoms with van der Waals surface area (Å²) in [6.45, 7) is 1.95. The normalized spacial score (nSPS) is 11.7. The van der Waals surface area contributed by atoms with Gasteiger partial charge in [-0.15, -0.1) is 0 Å². The standard InChI is InChI=1S/C13H19N3O3/c1-3-4-9(14)13(18)16-10-7-8(12(15)17)5-6-11(10)19-2/h5-7,9H,3-4,14H2,1-2H3,(H2,15,17)(H,16,18)/t9-/m1/s1. The van der Waals surface area contributed by atoms with Gasteiger partial charge in [-0.2, -0.15) is 0 Å². The van der Waals surface area contributed by atoms with Gasteiger partial charge in [-0.05, 0) is 24.6 Å². The van der Waals surface area contributed by atoms with Crippen LogP contribution in [-0.2, 0) is 4.79 Å². The number of carbonyl (C=O) groups is 2. The molecule has 1 rings (SSSR count). The number of hydrogen-bond acceptors (Lipinski definition) is 4. The molecule has 0 saturated carbocycles. The summed E-state index contributed by atoms with van der Waals surface area (Å²) in [6, 6.07) is 3.98. The van der Waals surface area contributed by atoms with Gasteiger partial charge in [0.1, 0.15) is 5.75 Å². The molecular formula is C13H19N3O3. The topological polar surface area (TPSA) is 107 Å². The van der Waals surface area contributed by atoms with Gasteiger partial charge in [0.05, 0.1) is 18.8 Å². The first kappa shape index (κ1) is 15.0. The van der Waals surface area contributed by atoms with Crippen LogP contribution in [0.25, 0.3) is 0 Å². The lowest BCUT2D eigenvalue weighted by molar-refractivity contribution is -0.117. The number of anilines is 1. The Balaban J connectivity index is 2.94. The van der Waals surface area contributed by atoms with Crippen LogP contribution >= 0.6 is 0 Å². The Morgan fingerprint density at radius 1 is 1.42 bits per heavy atom. The monoisotopic (exact) mass is 265 g/mol. The lowest BCUT2D eigenvalue weighted by Gasteiger charge is -2.14. The molecule has 0 aliphatic carbocycles. The van der Waals surface area contributed by atoms with Crippen LogP contribution in [0.2, 0.25) is 0 Å². The second-order valence-corrected chi connectivity index (χ2v) is 4.16. The zero-order valence-electron chi connectivity index (χ0n) is 11.1. The van der Waals surface area contributed by atoms with E-state index in [9.17, 15) is 9.59 Å². The molecule has 1 aromatic rings. The Morgan fingerprint density at radius 3 is 2.63 bits per heavy atom. The summed E-state index contributed by atoms with van der Waals surface area (Å²) >= 11 is 0. The summed E-state index contributed by atoms with van der Waals surface area (Å²) < 4.78 is 5.11. The predicted octanol–water partition coefficient (Wildman–Crippen LogP) is 0.860. The highest BCUT2D eigenvalue weighted by atomic mass is 16.5. The summed E-state index contributed by atoms with van der Waals surface area (Å²) in [6.07, 6.45) is 1.40. The molecule has 0 unspecified atom stereocenters. The van der Waals surface area contributed by atoms with Crippen molar-refractivity contribution in [2.75, 3.05) is 12.4 Å². The number of amides is 2. The summed E-state index contributed by atoms with van der Waals surface area (Å²) in [5.41, 5.74) is 11.6. The Bertz CT molecular complexity index is 474. The summed E-state index contributed by atoms with van der Waals surface area (Å²) in [4.78, 5) is 23.0. The molecule has 6 nitrogen and oxygen atoms in total. The minimum atomic E-state index is -0.591. The molecule has 6 heteroatoms. The zero-order valence-corrected chi connectivity index (χ0v) is 11.1. The third kappa shape index (κ3) is 3.96. The van der Waals surface area contributed by atoms with Crippen molar-refractivity contribution >= 4 is 17.5 Å². The van der Waals surface area contributed by atoms with Gasteiger partial charge in [0, 0.05) is 5.56 Å². The SMILES string of the molecule is CCC[C@@H](N)C(=O)Nc1cc(C(N)=O)ccc1OC. The summed E-state index contributed by atoms with van der Waals surface area (Å²) in [5, 5.41) is 2.64. The average molecular weight is 265 g/mol. The highest BCUT2D eigenvalue weighted by molar-refractivity contribution is 5.99. The summed E-state index contributed by atoms with van der Waals surface area (Å²) in [5.74, 6) is -0.445. The fourth-order valence-corrected chi connectivity index (χ4v) is 1.63. The van der Waals surface area contributed by atoms with E-state index >= 15 is 0 Å². The van der Waals surface area contributed by atoms with Crippen molar-refractivity contribution in [2.24, 2.45) is 11.5 Å². The van der Waals surface area contributed by atoms with E-state index < -0.39 is 11.9 Å². The van der Waals surface area contributed by atoms with Crippen molar-refractivity contribution in [2.45, 2.75) is 25.8 Å². The van der Waals surface area contributed by atoms with E-state index in [1.165, 1.54) is 19.2 Å². The zero-order chi connectivity index (χ0) is 14.4. The molecule has 0 fully saturated rings. The lowest BCUT2D eigenvalue weighted by Crippen LogP contribution is -2.35. The molecule has 0 aliphatic heterocycles. The Kier molecular flexibility index (Phi) is 5.32. The molecule has 5 N–H and O–H groups in total. The quantitative estimate of drug-likeness (QED) is 0.709. The number of hydrogen-bond donors (Lipinski definition) is 3. The van der Waals surface area contributed by atoms with Gasteiger partial charge < -0.3 is 21.5 Å². The maximum atomic E-state index is 11.8. The molecule has 0 aliphatic rings. The molecule has 2 amide bonds. The second-order valence-electron chi connectivity index (χ2n) is 4.16. The molecular weight excluding hydrogens is 246 g/mol. The third-order valence-corrected chi connectivity index (χ3v) is 2.68. The highest BCUT2D eigenvalue weighted by Gasteiger charge is 2.15. The molecule has 1 aromatic carbocycles. The Hall–Kier alpha value is -2.08. The van der Waals surface area contributed by atoms with Crippen LogP contribution in [0.4, 0.5) is 5.69 Å². The summed E-state index contributed by atoms with van der Waals surface area (Å²) in [7, 11) is 1.47. The van der Waals surface area contributed by atoms with Crippen molar-refractivity contribution < 1.29 is 14.3 Å². The predicted molar refractivity (Wildman–Crippen MR) is 73.0 cm³/mol. The molecule has 0 heterocycles. The van der Waals surface area contributed by atoms with Gasteiger partial charge in [0.25, 0.3) is 0 Å². The first-order chi connectivity index (χ1) is 8.99. The number of primary amides is 1. The highest BCUT2D eigenvalue weighted by Crippen LogP contribution is 2.25. The van der Waals surface area contributed by atoms with E-state index in [4.69, 9.17) is 16.2 Å². The number of methoxy groups -OCH3 is 1. The molecule has 19 heavy (non-hydrogen) atoms. The van der Waals surface area contributed by atoms with Gasteiger partial charge in [0.15, 0.2) is 0 Å². The van der Waals surface area contributed by atoms with Crippen molar-refractivity contribution in [1.82, 2.24) is 0 Å². The number of carbonyl (C=O) groups excluding carboxylic acids is 2. The van der Waals surface area contributed by atoms with Gasteiger partial charge in [-0.1, -0.05) is 13.3 Å². The van der Waals surface area contributed by atoms with Gasteiger partial charge in [0.2, 0.25) is 11.8 Å². The minimum absolute atomic E-state index is 0.292. The van der Waals surface area contributed by atoms with Crippen LogP contribution < -0.4 is 21.5 Å². The first-order valence-electron chi connectivity index (χ1n) is 6.03. The number of nitrogens with one attached hydrogen (secondary N) is 1. The van der Waals surface area contributed by atoms with E-state index in [1.54, 1.807) is 6.07 Å². The maximum Gasteiger partial charge on any atom is 0.248 e. The average Bonchev–Trinajstić information content (AvgIpc) is 2.38. The number of nitrogens with two attached hydrogens (primary N) is 2. The number of ether oxygens (including phenoxy) is 1. The van der Waals surface area contributed by atoms with Crippen molar-refractivity contribution in [3.8, 4) is 5.75 Å². The number of rotatable bonds is 6. The van der Waals surface area contributed by atoms with E-state index in [0.717, 1.165) is 6.42 Å². The smallest absolute Gasteiger partial charge is 0.248 e. The van der Waals surface area contributed by atoms with Crippen LogP contribution in [0, 0.1) is 0 Å². The fraction of sp³-hybridized carbons (Fsp3) is 0.385. The van der Waals surface area contributed by atoms with Crippen LogP contribution in [-0.4, -0.2) is 25.0 Å². The minimum Gasteiger partial charge on any atom is -0.495 e. The molecule has 0 saturated heterocycles. The van der Waals surface area contributed by atoms with E-state index in [2.05, 4.69) is 5.32 Å². The third-order valence-electron chi connectivity index (χ3n) is 2.68. The van der Waals surface area contributed by atoms with Crippen molar-refractivity contribution in [1.29, 1.82) is 0 Å². The molecule has 0 spiro atoms. The van der Waals surface area contributed by atoms with E-state index in [1.807, 2.05) is 6.92 Å². The van der Waals surface area contributed by atoms with Crippen LogP contribution in [0.15, 0.2) is 18.2 Å². The Labute approximate surface area is 112 Å². The molecule has 1 atom stereocenters. The first-order valence-corrected chi connectivity index (χ1v) is 6.03. The molecule has 104 valence electrons. The molecule has 0 bridgehead atoms. The number of benzene rings is 1.